The highest BCUT2D eigenvalue weighted by Gasteiger charge is 2.31. The zero-order valence-corrected chi connectivity index (χ0v) is 15.3. The molecule has 0 spiro atoms. The lowest BCUT2D eigenvalue weighted by Crippen LogP contribution is -2.45. The van der Waals surface area contributed by atoms with Crippen LogP contribution in [0.15, 0.2) is 54.6 Å². The molecule has 1 fully saturated rings. The van der Waals surface area contributed by atoms with Crippen LogP contribution in [-0.2, 0) is 0 Å². The Morgan fingerprint density at radius 2 is 1.46 bits per heavy atom. The molecule has 2 nitrogen and oxygen atoms in total. The number of hydrogen-bond donors (Lipinski definition) is 1. The van der Waals surface area contributed by atoms with Gasteiger partial charge in [0.2, 0.25) is 0 Å². The van der Waals surface area contributed by atoms with E-state index in [2.05, 4.69) is 10.2 Å². The molecule has 0 unspecified atom stereocenters. The molecule has 1 saturated heterocycles. The van der Waals surface area contributed by atoms with E-state index < -0.39 is 12.6 Å². The zero-order valence-electron chi connectivity index (χ0n) is 14.5. The van der Waals surface area contributed by atoms with Crippen molar-refractivity contribution in [2.75, 3.05) is 26.2 Å². The number of hydrogen-bond acceptors (Lipinski definition) is 2. The molecule has 6 heteroatoms. The van der Waals surface area contributed by atoms with E-state index in [1.807, 2.05) is 54.6 Å². The predicted octanol–water partition coefficient (Wildman–Crippen LogP) is 5.06. The largest absolute Gasteiger partial charge is 0.389 e. The van der Waals surface area contributed by atoms with Crippen LogP contribution >= 0.6 is 12.4 Å². The van der Waals surface area contributed by atoms with Gasteiger partial charge in [0.25, 0.3) is 0 Å². The lowest BCUT2D eigenvalue weighted by Gasteiger charge is -2.35. The van der Waals surface area contributed by atoms with E-state index in [1.54, 1.807) is 0 Å². The first-order valence-electron chi connectivity index (χ1n) is 8.70. The van der Waals surface area contributed by atoms with Gasteiger partial charge in [0.15, 0.2) is 0 Å². The molecule has 1 aliphatic heterocycles. The van der Waals surface area contributed by atoms with Crippen molar-refractivity contribution in [3.8, 4) is 11.1 Å². The Morgan fingerprint density at radius 1 is 0.885 bits per heavy atom. The highest BCUT2D eigenvalue weighted by Crippen LogP contribution is 2.32. The third-order valence-corrected chi connectivity index (χ3v) is 4.70. The first-order chi connectivity index (χ1) is 12.0. The second kappa shape index (κ2) is 9.40. The van der Waals surface area contributed by atoms with E-state index in [9.17, 15) is 13.2 Å². The predicted molar refractivity (Wildman–Crippen MR) is 102 cm³/mol. The van der Waals surface area contributed by atoms with E-state index >= 15 is 0 Å². The van der Waals surface area contributed by atoms with Crippen LogP contribution in [0.25, 0.3) is 11.1 Å². The van der Waals surface area contributed by atoms with Gasteiger partial charge in [-0.3, -0.25) is 4.90 Å². The third kappa shape index (κ3) is 5.73. The van der Waals surface area contributed by atoms with Gasteiger partial charge in [-0.2, -0.15) is 13.2 Å². The minimum Gasteiger partial charge on any atom is -0.314 e. The van der Waals surface area contributed by atoms with E-state index in [0.29, 0.717) is 0 Å². The first kappa shape index (κ1) is 20.7. The quantitative estimate of drug-likeness (QED) is 0.774. The Hall–Kier alpha value is -1.56. The van der Waals surface area contributed by atoms with Crippen LogP contribution in [0.1, 0.15) is 24.4 Å². The summed E-state index contributed by atoms with van der Waals surface area (Å²) in [6.45, 7) is 3.21. The number of benzene rings is 2. The SMILES string of the molecule is Cl.FC(F)(F)CC[C@H](c1ccc(-c2ccccc2)cc1)N1CCNCC1. The van der Waals surface area contributed by atoms with E-state index in [0.717, 1.165) is 42.9 Å². The molecular weight excluding hydrogens is 361 g/mol. The lowest BCUT2D eigenvalue weighted by molar-refractivity contribution is -0.138. The van der Waals surface area contributed by atoms with E-state index in [-0.39, 0.29) is 24.9 Å². The van der Waals surface area contributed by atoms with Gasteiger partial charge in [0.05, 0.1) is 0 Å². The Balaban J connectivity index is 0.00000243. The third-order valence-electron chi connectivity index (χ3n) is 4.70. The van der Waals surface area contributed by atoms with E-state index in [1.165, 1.54) is 0 Å². The molecule has 2 aromatic carbocycles. The van der Waals surface area contributed by atoms with Gasteiger partial charge in [-0.05, 0) is 23.1 Å². The maximum atomic E-state index is 12.8. The number of nitrogens with one attached hydrogen (secondary N) is 1. The lowest BCUT2D eigenvalue weighted by atomic mass is 9.96. The van der Waals surface area contributed by atoms with E-state index in [4.69, 9.17) is 0 Å². The number of piperazine rings is 1. The summed E-state index contributed by atoms with van der Waals surface area (Å²) in [5.74, 6) is 0. The maximum absolute atomic E-state index is 12.8. The average Bonchev–Trinajstić information content (AvgIpc) is 2.63. The van der Waals surface area contributed by atoms with Crippen LogP contribution in [-0.4, -0.2) is 37.3 Å². The molecule has 3 rings (SSSR count). The fourth-order valence-electron chi connectivity index (χ4n) is 3.38. The molecule has 26 heavy (non-hydrogen) atoms. The Labute approximate surface area is 158 Å². The normalized spacial score (nSPS) is 16.7. The fourth-order valence-corrected chi connectivity index (χ4v) is 3.38. The van der Waals surface area contributed by atoms with Crippen molar-refractivity contribution >= 4 is 12.4 Å². The second-order valence-corrected chi connectivity index (χ2v) is 6.44. The summed E-state index contributed by atoms with van der Waals surface area (Å²) >= 11 is 0. The highest BCUT2D eigenvalue weighted by atomic mass is 35.5. The van der Waals surface area contributed by atoms with Crippen LogP contribution in [0.3, 0.4) is 0 Å². The molecule has 1 heterocycles. The standard InChI is InChI=1S/C20H23F3N2.ClH/c21-20(22,23)11-10-19(25-14-12-24-13-15-25)18-8-6-17(7-9-18)16-4-2-1-3-5-16;/h1-9,19,24H,10-15H2;1H/t19-;/m1./s1. The minimum atomic E-state index is -4.11. The topological polar surface area (TPSA) is 15.3 Å². The zero-order chi connectivity index (χ0) is 17.7. The molecule has 142 valence electrons. The summed E-state index contributed by atoms with van der Waals surface area (Å²) in [5.41, 5.74) is 3.16. The first-order valence-corrected chi connectivity index (χ1v) is 8.70. The molecule has 1 atom stereocenters. The molecule has 0 bridgehead atoms. The average molecular weight is 385 g/mol. The Bertz CT molecular complexity index is 653. The molecular formula is C20H24ClF3N2. The molecule has 0 aliphatic carbocycles. The van der Waals surface area contributed by atoms with Crippen molar-refractivity contribution in [1.29, 1.82) is 0 Å². The molecule has 0 saturated carbocycles. The van der Waals surface area contributed by atoms with Gasteiger partial charge in [-0.25, -0.2) is 0 Å². The number of alkyl halides is 3. The Kier molecular flexibility index (Phi) is 7.50. The Morgan fingerprint density at radius 3 is 2.04 bits per heavy atom. The summed E-state index contributed by atoms with van der Waals surface area (Å²) in [5, 5.41) is 3.26. The van der Waals surface area contributed by atoms with Crippen molar-refractivity contribution in [3.05, 3.63) is 60.2 Å². The number of rotatable bonds is 5. The van der Waals surface area contributed by atoms with Gasteiger partial charge in [-0.1, -0.05) is 54.6 Å². The van der Waals surface area contributed by atoms with Crippen molar-refractivity contribution in [2.45, 2.75) is 25.1 Å². The van der Waals surface area contributed by atoms with Crippen molar-refractivity contribution in [2.24, 2.45) is 0 Å². The summed E-state index contributed by atoms with van der Waals surface area (Å²) in [4.78, 5) is 2.17. The second-order valence-electron chi connectivity index (χ2n) is 6.44. The minimum absolute atomic E-state index is 0. The highest BCUT2D eigenvalue weighted by molar-refractivity contribution is 5.85. The molecule has 1 N–H and O–H groups in total. The summed E-state index contributed by atoms with van der Waals surface area (Å²) in [6.07, 6.45) is -4.76. The summed E-state index contributed by atoms with van der Waals surface area (Å²) in [7, 11) is 0. The fraction of sp³-hybridized carbons (Fsp3) is 0.400. The van der Waals surface area contributed by atoms with Gasteiger partial charge in [-0.15, -0.1) is 12.4 Å². The molecule has 2 aromatic rings. The van der Waals surface area contributed by atoms with Crippen LogP contribution in [0.2, 0.25) is 0 Å². The summed E-state index contributed by atoms with van der Waals surface area (Å²) < 4.78 is 38.3. The van der Waals surface area contributed by atoms with Crippen molar-refractivity contribution < 1.29 is 13.2 Å². The molecule has 0 aromatic heterocycles. The van der Waals surface area contributed by atoms with Crippen molar-refractivity contribution in [3.63, 3.8) is 0 Å². The van der Waals surface area contributed by atoms with Crippen LogP contribution < -0.4 is 5.32 Å². The smallest absolute Gasteiger partial charge is 0.314 e. The van der Waals surface area contributed by atoms with Crippen LogP contribution in [0.5, 0.6) is 0 Å². The monoisotopic (exact) mass is 384 g/mol. The summed E-state index contributed by atoms with van der Waals surface area (Å²) in [6, 6.07) is 17.8. The van der Waals surface area contributed by atoms with Gasteiger partial charge in [0, 0.05) is 38.6 Å². The van der Waals surface area contributed by atoms with Crippen LogP contribution in [0, 0.1) is 0 Å². The maximum Gasteiger partial charge on any atom is 0.389 e. The number of nitrogens with zero attached hydrogens (tertiary/aromatic N) is 1. The molecule has 0 radical (unpaired) electrons. The van der Waals surface area contributed by atoms with Gasteiger partial charge < -0.3 is 5.32 Å². The van der Waals surface area contributed by atoms with Gasteiger partial charge >= 0.3 is 6.18 Å². The number of halogens is 4. The van der Waals surface area contributed by atoms with Gasteiger partial charge in [0.1, 0.15) is 0 Å². The molecule has 1 aliphatic rings. The molecule has 0 amide bonds. The van der Waals surface area contributed by atoms with Crippen molar-refractivity contribution in [1.82, 2.24) is 10.2 Å². The van der Waals surface area contributed by atoms with Crippen LogP contribution in [0.4, 0.5) is 13.2 Å².